The number of hydrogen-bond donors (Lipinski definition) is 0. The molecule has 0 spiro atoms. The molecule has 2 heterocycles. The van der Waals surface area contributed by atoms with Crippen LogP contribution in [0.3, 0.4) is 0 Å². The van der Waals surface area contributed by atoms with Gasteiger partial charge in [-0.1, -0.05) is 6.07 Å². The number of alkyl halides is 1. The molecule has 1 aliphatic carbocycles. The molecule has 0 aromatic carbocycles. The van der Waals surface area contributed by atoms with Gasteiger partial charge < -0.3 is 9.64 Å². The first-order chi connectivity index (χ1) is 8.40. The summed E-state index contributed by atoms with van der Waals surface area (Å²) in [5.41, 5.74) is 1.13. The summed E-state index contributed by atoms with van der Waals surface area (Å²) >= 11 is 6.00. The third kappa shape index (κ3) is 2.02. The van der Waals surface area contributed by atoms with Crippen molar-refractivity contribution in [1.82, 2.24) is 4.98 Å². The molecule has 17 heavy (non-hydrogen) atoms. The summed E-state index contributed by atoms with van der Waals surface area (Å²) in [6.07, 6.45) is 5.90. The van der Waals surface area contributed by atoms with Crippen LogP contribution >= 0.6 is 11.6 Å². The van der Waals surface area contributed by atoms with Crippen LogP contribution in [0.15, 0.2) is 18.3 Å². The molecule has 2 aliphatic rings. The van der Waals surface area contributed by atoms with Crippen LogP contribution in [0.25, 0.3) is 0 Å². The molecule has 0 radical (unpaired) electrons. The van der Waals surface area contributed by atoms with E-state index in [1.165, 1.54) is 19.3 Å². The summed E-state index contributed by atoms with van der Waals surface area (Å²) in [6.45, 7) is 1.74. The van der Waals surface area contributed by atoms with Crippen LogP contribution in [-0.2, 0) is 10.6 Å². The fraction of sp³-hybridized carbons (Fsp3) is 0.615. The van der Waals surface area contributed by atoms with Gasteiger partial charge in [0, 0.05) is 18.3 Å². The van der Waals surface area contributed by atoms with E-state index in [0.717, 1.165) is 24.5 Å². The Morgan fingerprint density at radius 2 is 2.41 bits per heavy atom. The van der Waals surface area contributed by atoms with Crippen LogP contribution in [0.5, 0.6) is 0 Å². The van der Waals surface area contributed by atoms with Gasteiger partial charge in [0.05, 0.1) is 24.6 Å². The largest absolute Gasteiger partial charge is 0.374 e. The molecule has 1 aromatic rings. The van der Waals surface area contributed by atoms with Gasteiger partial charge in [-0.05, 0) is 25.3 Å². The second-order valence-electron chi connectivity index (χ2n) is 4.72. The molecule has 1 aliphatic heterocycles. The summed E-state index contributed by atoms with van der Waals surface area (Å²) in [6, 6.07) is 4.52. The second kappa shape index (κ2) is 4.83. The monoisotopic (exact) mass is 252 g/mol. The van der Waals surface area contributed by atoms with Crippen LogP contribution in [0.4, 0.5) is 5.82 Å². The molecule has 4 heteroatoms. The van der Waals surface area contributed by atoms with Crippen molar-refractivity contribution in [1.29, 1.82) is 0 Å². The number of ether oxygens (including phenoxy) is 1. The number of halogens is 1. The molecule has 1 aromatic heterocycles. The van der Waals surface area contributed by atoms with Crippen LogP contribution in [0.1, 0.15) is 24.8 Å². The Hall–Kier alpha value is -0.800. The van der Waals surface area contributed by atoms with Crippen LogP contribution in [-0.4, -0.2) is 30.3 Å². The lowest BCUT2D eigenvalue weighted by Crippen LogP contribution is -2.49. The number of aromatic nitrogens is 1. The van der Waals surface area contributed by atoms with Gasteiger partial charge in [-0.2, -0.15) is 0 Å². The topological polar surface area (TPSA) is 25.4 Å². The Balaban J connectivity index is 1.91. The Morgan fingerprint density at radius 3 is 3.29 bits per heavy atom. The maximum atomic E-state index is 6.00. The molecule has 3 nitrogen and oxygen atoms in total. The molecule has 0 N–H and O–H groups in total. The normalized spacial score (nSPS) is 28.2. The Bertz CT molecular complexity index is 399. The SMILES string of the molecule is ClCc1cccnc1N1CCOC2CCCC21. The van der Waals surface area contributed by atoms with Gasteiger partial charge in [0.25, 0.3) is 0 Å². The number of morpholine rings is 1. The first-order valence-corrected chi connectivity index (χ1v) is 6.81. The van der Waals surface area contributed by atoms with Gasteiger partial charge in [0.15, 0.2) is 0 Å². The van der Waals surface area contributed by atoms with Gasteiger partial charge in [-0.15, -0.1) is 11.6 Å². The summed E-state index contributed by atoms with van der Waals surface area (Å²) in [4.78, 5) is 6.92. The van der Waals surface area contributed by atoms with Gasteiger partial charge in [0.1, 0.15) is 5.82 Å². The zero-order chi connectivity index (χ0) is 11.7. The highest BCUT2D eigenvalue weighted by atomic mass is 35.5. The summed E-state index contributed by atoms with van der Waals surface area (Å²) in [5.74, 6) is 1.58. The van der Waals surface area contributed by atoms with Crippen molar-refractivity contribution in [2.75, 3.05) is 18.1 Å². The van der Waals surface area contributed by atoms with Crippen molar-refractivity contribution in [2.24, 2.45) is 0 Å². The highest BCUT2D eigenvalue weighted by Gasteiger charge is 2.37. The Morgan fingerprint density at radius 1 is 1.47 bits per heavy atom. The number of nitrogens with zero attached hydrogens (tertiary/aromatic N) is 2. The minimum atomic E-state index is 0.397. The van der Waals surface area contributed by atoms with Crippen molar-refractivity contribution in [2.45, 2.75) is 37.3 Å². The van der Waals surface area contributed by atoms with E-state index in [1.807, 2.05) is 12.3 Å². The van der Waals surface area contributed by atoms with Crippen molar-refractivity contribution < 1.29 is 4.74 Å². The number of hydrogen-bond acceptors (Lipinski definition) is 3. The summed E-state index contributed by atoms with van der Waals surface area (Å²) in [7, 11) is 0. The minimum Gasteiger partial charge on any atom is -0.374 e. The maximum Gasteiger partial charge on any atom is 0.133 e. The summed E-state index contributed by atoms with van der Waals surface area (Å²) in [5, 5.41) is 0. The van der Waals surface area contributed by atoms with Crippen molar-refractivity contribution in [3.8, 4) is 0 Å². The van der Waals surface area contributed by atoms with Crippen molar-refractivity contribution >= 4 is 17.4 Å². The molecule has 92 valence electrons. The molecule has 1 saturated carbocycles. The van der Waals surface area contributed by atoms with Crippen LogP contribution < -0.4 is 4.90 Å². The second-order valence-corrected chi connectivity index (χ2v) is 4.99. The minimum absolute atomic E-state index is 0.397. The van der Waals surface area contributed by atoms with E-state index in [9.17, 15) is 0 Å². The van der Waals surface area contributed by atoms with Gasteiger partial charge >= 0.3 is 0 Å². The van der Waals surface area contributed by atoms with Crippen molar-refractivity contribution in [3.63, 3.8) is 0 Å². The number of pyridine rings is 1. The molecule has 2 fully saturated rings. The van der Waals surface area contributed by atoms with E-state index in [2.05, 4.69) is 16.0 Å². The third-order valence-corrected chi connectivity index (χ3v) is 4.05. The highest BCUT2D eigenvalue weighted by Crippen LogP contribution is 2.33. The highest BCUT2D eigenvalue weighted by molar-refractivity contribution is 6.17. The van der Waals surface area contributed by atoms with E-state index < -0.39 is 0 Å². The molecular weight excluding hydrogens is 236 g/mol. The maximum absolute atomic E-state index is 6.00. The molecule has 0 bridgehead atoms. The molecule has 2 unspecified atom stereocenters. The number of fused-ring (bicyclic) bond motifs is 1. The van der Waals surface area contributed by atoms with Crippen LogP contribution in [0, 0.1) is 0 Å². The van der Waals surface area contributed by atoms with E-state index in [-0.39, 0.29) is 0 Å². The third-order valence-electron chi connectivity index (χ3n) is 3.77. The number of anilines is 1. The molecule has 3 rings (SSSR count). The van der Waals surface area contributed by atoms with E-state index in [0.29, 0.717) is 18.0 Å². The first kappa shape index (κ1) is 11.3. The number of rotatable bonds is 2. The molecular formula is C13H17ClN2O. The zero-order valence-corrected chi connectivity index (χ0v) is 10.6. The van der Waals surface area contributed by atoms with Crippen molar-refractivity contribution in [3.05, 3.63) is 23.9 Å². The fourth-order valence-electron chi connectivity index (χ4n) is 2.98. The lowest BCUT2D eigenvalue weighted by atomic mass is 10.1. The average molecular weight is 253 g/mol. The Labute approximate surface area is 107 Å². The zero-order valence-electron chi connectivity index (χ0n) is 9.81. The molecule has 0 amide bonds. The fourth-order valence-corrected chi connectivity index (χ4v) is 3.19. The smallest absolute Gasteiger partial charge is 0.133 e. The molecule has 2 atom stereocenters. The first-order valence-electron chi connectivity index (χ1n) is 6.28. The van der Waals surface area contributed by atoms with E-state index in [1.54, 1.807) is 0 Å². The predicted octanol–water partition coefficient (Wildman–Crippen LogP) is 2.58. The Kier molecular flexibility index (Phi) is 3.21. The van der Waals surface area contributed by atoms with Crippen LogP contribution in [0.2, 0.25) is 0 Å². The van der Waals surface area contributed by atoms with Gasteiger partial charge in [0.2, 0.25) is 0 Å². The average Bonchev–Trinajstić information content (AvgIpc) is 2.86. The molecule has 1 saturated heterocycles. The van der Waals surface area contributed by atoms with Gasteiger partial charge in [-0.3, -0.25) is 0 Å². The van der Waals surface area contributed by atoms with E-state index >= 15 is 0 Å². The lowest BCUT2D eigenvalue weighted by molar-refractivity contribution is 0.0253. The van der Waals surface area contributed by atoms with E-state index in [4.69, 9.17) is 16.3 Å². The standard InChI is InChI=1S/C13H17ClN2O/c14-9-10-3-2-6-15-13(10)16-7-8-17-12-5-1-4-11(12)16/h2-3,6,11-12H,1,4-5,7-9H2. The van der Waals surface area contributed by atoms with Gasteiger partial charge in [-0.25, -0.2) is 4.98 Å². The predicted molar refractivity (Wildman–Crippen MR) is 68.5 cm³/mol. The summed E-state index contributed by atoms with van der Waals surface area (Å²) < 4.78 is 5.82. The quantitative estimate of drug-likeness (QED) is 0.757. The lowest BCUT2D eigenvalue weighted by Gasteiger charge is -2.39.